The van der Waals surface area contributed by atoms with Gasteiger partial charge in [-0.2, -0.15) is 0 Å². The van der Waals surface area contributed by atoms with Crippen LogP contribution in [0.15, 0.2) is 24.3 Å². The number of rotatable bonds is 4. The van der Waals surface area contributed by atoms with Gasteiger partial charge in [0.1, 0.15) is 0 Å². The highest BCUT2D eigenvalue weighted by Crippen LogP contribution is 2.26. The zero-order valence-corrected chi connectivity index (χ0v) is 12.6. The first-order valence-electron chi connectivity index (χ1n) is 6.29. The molecule has 0 amide bonds. The van der Waals surface area contributed by atoms with Gasteiger partial charge in [0.15, 0.2) is 0 Å². The molecule has 0 heterocycles. The lowest BCUT2D eigenvalue weighted by Gasteiger charge is -2.23. The standard InChI is InChI=1S/C13H18BrNO2S/c14-10-11-6-4-5-9-13(11)15-18(16,17)12-7-2-1-3-8-12/h4-6,9,12,15H,1-3,7-8,10H2. The smallest absolute Gasteiger partial charge is 0.235 e. The van der Waals surface area contributed by atoms with E-state index < -0.39 is 10.0 Å². The molecule has 1 aliphatic carbocycles. The first-order valence-corrected chi connectivity index (χ1v) is 8.96. The second-order valence-electron chi connectivity index (χ2n) is 4.70. The number of nitrogens with one attached hydrogen (secondary N) is 1. The summed E-state index contributed by atoms with van der Waals surface area (Å²) in [6.45, 7) is 0. The molecule has 1 aliphatic rings. The molecule has 5 heteroatoms. The van der Waals surface area contributed by atoms with Crippen LogP contribution in [0.5, 0.6) is 0 Å². The molecule has 100 valence electrons. The Hall–Kier alpha value is -0.550. The maximum atomic E-state index is 12.3. The normalized spacial score (nSPS) is 17.6. The van der Waals surface area contributed by atoms with E-state index in [2.05, 4.69) is 20.7 Å². The van der Waals surface area contributed by atoms with Gasteiger partial charge in [-0.3, -0.25) is 4.72 Å². The third kappa shape index (κ3) is 3.26. The Morgan fingerprint density at radius 3 is 2.50 bits per heavy atom. The van der Waals surface area contributed by atoms with E-state index in [9.17, 15) is 8.42 Å². The van der Waals surface area contributed by atoms with E-state index >= 15 is 0 Å². The first-order chi connectivity index (χ1) is 8.63. The Labute approximate surface area is 117 Å². The van der Waals surface area contributed by atoms with Crippen LogP contribution in [0.2, 0.25) is 0 Å². The second-order valence-corrected chi connectivity index (χ2v) is 7.22. The van der Waals surface area contributed by atoms with E-state index in [4.69, 9.17) is 0 Å². The van der Waals surface area contributed by atoms with Crippen molar-refractivity contribution in [3.8, 4) is 0 Å². The summed E-state index contributed by atoms with van der Waals surface area (Å²) in [4.78, 5) is 0. The van der Waals surface area contributed by atoms with Crippen LogP contribution in [0.1, 0.15) is 37.7 Å². The molecule has 0 unspecified atom stereocenters. The largest absolute Gasteiger partial charge is 0.283 e. The molecule has 0 saturated heterocycles. The van der Waals surface area contributed by atoms with E-state index in [-0.39, 0.29) is 5.25 Å². The van der Waals surface area contributed by atoms with Crippen LogP contribution >= 0.6 is 15.9 Å². The minimum Gasteiger partial charge on any atom is -0.283 e. The van der Waals surface area contributed by atoms with E-state index in [1.807, 2.05) is 24.3 Å². The quantitative estimate of drug-likeness (QED) is 0.856. The number of hydrogen-bond acceptors (Lipinski definition) is 2. The average Bonchev–Trinajstić information content (AvgIpc) is 2.40. The fourth-order valence-corrected chi connectivity index (χ4v) is 4.46. The van der Waals surface area contributed by atoms with Crippen LogP contribution in [0.4, 0.5) is 5.69 Å². The minimum absolute atomic E-state index is 0.227. The lowest BCUT2D eigenvalue weighted by atomic mass is 10.0. The Morgan fingerprint density at radius 1 is 1.17 bits per heavy atom. The minimum atomic E-state index is -3.24. The van der Waals surface area contributed by atoms with E-state index in [1.54, 1.807) is 0 Å². The van der Waals surface area contributed by atoms with Gasteiger partial charge in [0.2, 0.25) is 10.0 Å². The Bertz CT molecular complexity index is 495. The molecule has 1 aromatic carbocycles. The number of sulfonamides is 1. The van der Waals surface area contributed by atoms with Crippen molar-refractivity contribution in [2.75, 3.05) is 4.72 Å². The van der Waals surface area contributed by atoms with Crippen molar-refractivity contribution in [3.63, 3.8) is 0 Å². The van der Waals surface area contributed by atoms with Crippen LogP contribution in [0.25, 0.3) is 0 Å². The number of anilines is 1. The van der Waals surface area contributed by atoms with Gasteiger partial charge >= 0.3 is 0 Å². The maximum absolute atomic E-state index is 12.3. The maximum Gasteiger partial charge on any atom is 0.235 e. The molecule has 0 aromatic heterocycles. The summed E-state index contributed by atoms with van der Waals surface area (Å²) in [5.74, 6) is 0. The molecule has 0 bridgehead atoms. The van der Waals surface area contributed by atoms with E-state index in [1.165, 1.54) is 0 Å². The molecule has 1 aromatic rings. The summed E-state index contributed by atoms with van der Waals surface area (Å²) >= 11 is 3.38. The monoisotopic (exact) mass is 331 g/mol. The molecule has 18 heavy (non-hydrogen) atoms. The molecule has 1 saturated carbocycles. The predicted molar refractivity (Wildman–Crippen MR) is 78.5 cm³/mol. The lowest BCUT2D eigenvalue weighted by Crippen LogP contribution is -2.30. The van der Waals surface area contributed by atoms with Gasteiger partial charge in [0.25, 0.3) is 0 Å². The molecular weight excluding hydrogens is 314 g/mol. The van der Waals surface area contributed by atoms with Crippen LogP contribution in [-0.4, -0.2) is 13.7 Å². The molecule has 0 spiro atoms. The molecule has 1 N–H and O–H groups in total. The lowest BCUT2D eigenvalue weighted by molar-refractivity contribution is 0.486. The number of alkyl halides is 1. The molecule has 2 rings (SSSR count). The zero-order chi connectivity index (χ0) is 13.0. The van der Waals surface area contributed by atoms with E-state index in [0.29, 0.717) is 11.0 Å². The number of para-hydroxylation sites is 1. The molecule has 1 fully saturated rings. The molecule has 0 atom stereocenters. The Morgan fingerprint density at radius 2 is 1.83 bits per heavy atom. The SMILES string of the molecule is O=S(=O)(Nc1ccccc1CBr)C1CCCCC1. The van der Waals surface area contributed by atoms with Gasteiger partial charge in [-0.15, -0.1) is 0 Å². The first kappa shape index (κ1) is 13.9. The van der Waals surface area contributed by atoms with Crippen LogP contribution in [0.3, 0.4) is 0 Å². The Balaban J connectivity index is 2.16. The van der Waals surface area contributed by atoms with Crippen LogP contribution in [0, 0.1) is 0 Å². The van der Waals surface area contributed by atoms with Crippen molar-refractivity contribution in [3.05, 3.63) is 29.8 Å². The number of benzene rings is 1. The highest BCUT2D eigenvalue weighted by atomic mass is 79.9. The third-order valence-electron chi connectivity index (χ3n) is 3.40. The summed E-state index contributed by atoms with van der Waals surface area (Å²) in [5.41, 5.74) is 1.66. The van der Waals surface area contributed by atoms with Crippen molar-refractivity contribution >= 4 is 31.6 Å². The highest BCUT2D eigenvalue weighted by molar-refractivity contribution is 9.08. The topological polar surface area (TPSA) is 46.2 Å². The second kappa shape index (κ2) is 6.06. The summed E-state index contributed by atoms with van der Waals surface area (Å²) in [7, 11) is -3.24. The van der Waals surface area contributed by atoms with E-state index in [0.717, 1.165) is 37.7 Å². The van der Waals surface area contributed by atoms with Crippen molar-refractivity contribution < 1.29 is 8.42 Å². The summed E-state index contributed by atoms with van der Waals surface area (Å²) in [5, 5.41) is 0.422. The fourth-order valence-electron chi connectivity index (χ4n) is 2.35. The van der Waals surface area contributed by atoms with Gasteiger partial charge in [-0.1, -0.05) is 53.4 Å². The molecule has 3 nitrogen and oxygen atoms in total. The third-order valence-corrected chi connectivity index (χ3v) is 5.86. The van der Waals surface area contributed by atoms with Crippen molar-refractivity contribution in [2.45, 2.75) is 42.7 Å². The number of hydrogen-bond donors (Lipinski definition) is 1. The van der Waals surface area contributed by atoms with Crippen molar-refractivity contribution in [2.24, 2.45) is 0 Å². The molecular formula is C13H18BrNO2S. The highest BCUT2D eigenvalue weighted by Gasteiger charge is 2.27. The summed E-state index contributed by atoms with van der Waals surface area (Å²) < 4.78 is 27.3. The summed E-state index contributed by atoms with van der Waals surface area (Å²) in [6, 6.07) is 7.50. The van der Waals surface area contributed by atoms with Gasteiger partial charge < -0.3 is 0 Å². The van der Waals surface area contributed by atoms with Gasteiger partial charge in [0, 0.05) is 5.33 Å². The predicted octanol–water partition coefficient (Wildman–Crippen LogP) is 3.66. The van der Waals surface area contributed by atoms with Gasteiger partial charge in [-0.25, -0.2) is 8.42 Å². The molecule has 0 aliphatic heterocycles. The number of halogens is 1. The van der Waals surface area contributed by atoms with Crippen molar-refractivity contribution in [1.82, 2.24) is 0 Å². The zero-order valence-electron chi connectivity index (χ0n) is 10.2. The van der Waals surface area contributed by atoms with Gasteiger partial charge in [0.05, 0.1) is 10.9 Å². The fraction of sp³-hybridized carbons (Fsp3) is 0.538. The Kier molecular flexibility index (Phi) is 4.67. The van der Waals surface area contributed by atoms with Gasteiger partial charge in [-0.05, 0) is 24.5 Å². The average molecular weight is 332 g/mol. The van der Waals surface area contributed by atoms with Crippen LogP contribution in [-0.2, 0) is 15.4 Å². The van der Waals surface area contributed by atoms with Crippen molar-refractivity contribution in [1.29, 1.82) is 0 Å². The molecule has 0 radical (unpaired) electrons. The summed E-state index contributed by atoms with van der Waals surface area (Å²) in [6.07, 6.45) is 4.76. The van der Waals surface area contributed by atoms with Crippen LogP contribution < -0.4 is 4.72 Å².